The number of benzene rings is 1. The number of hydrogen-bond acceptors (Lipinski definition) is 2. The smallest absolute Gasteiger partial charge is 0.0350 e. The van der Waals surface area contributed by atoms with Crippen LogP contribution in [0.4, 0.5) is 0 Å². The molecular formula is C17H26N2. The highest BCUT2D eigenvalue weighted by Crippen LogP contribution is 2.36. The first kappa shape index (κ1) is 13.1. The van der Waals surface area contributed by atoms with E-state index in [1.165, 1.54) is 51.7 Å². The zero-order valence-corrected chi connectivity index (χ0v) is 12.1. The lowest BCUT2D eigenvalue weighted by Gasteiger charge is -2.40. The highest BCUT2D eigenvalue weighted by Gasteiger charge is 2.28. The molecule has 1 N–H and O–H groups in total. The topological polar surface area (TPSA) is 15.3 Å². The first-order valence-electron chi connectivity index (χ1n) is 7.85. The summed E-state index contributed by atoms with van der Waals surface area (Å²) in [6.45, 7) is 3.76. The van der Waals surface area contributed by atoms with E-state index in [9.17, 15) is 0 Å². The highest BCUT2D eigenvalue weighted by atomic mass is 15.2. The Labute approximate surface area is 117 Å². The third-order valence-corrected chi connectivity index (χ3v) is 4.92. The van der Waals surface area contributed by atoms with Gasteiger partial charge in [-0.15, -0.1) is 0 Å². The molecule has 1 unspecified atom stereocenters. The molecule has 104 valence electrons. The summed E-state index contributed by atoms with van der Waals surface area (Å²) in [7, 11) is 2.07. The fraction of sp³-hybridized carbons (Fsp3) is 0.647. The molecule has 1 heterocycles. The van der Waals surface area contributed by atoms with E-state index in [4.69, 9.17) is 0 Å². The molecule has 0 spiro atoms. The van der Waals surface area contributed by atoms with Crippen LogP contribution in [0.5, 0.6) is 0 Å². The van der Waals surface area contributed by atoms with Crippen molar-refractivity contribution in [1.82, 2.24) is 10.2 Å². The van der Waals surface area contributed by atoms with Crippen molar-refractivity contribution in [3.8, 4) is 0 Å². The van der Waals surface area contributed by atoms with Crippen LogP contribution in [0, 0.1) is 5.92 Å². The Morgan fingerprint density at radius 1 is 1.16 bits per heavy atom. The van der Waals surface area contributed by atoms with E-state index in [1.54, 1.807) is 11.1 Å². The summed E-state index contributed by atoms with van der Waals surface area (Å²) in [6, 6.07) is 9.79. The van der Waals surface area contributed by atoms with Gasteiger partial charge in [-0.25, -0.2) is 0 Å². The van der Waals surface area contributed by atoms with E-state index >= 15 is 0 Å². The number of fused-ring (bicyclic) bond motifs is 1. The summed E-state index contributed by atoms with van der Waals surface area (Å²) in [6.07, 6.45) is 6.72. The average Bonchev–Trinajstić information content (AvgIpc) is 2.48. The van der Waals surface area contributed by atoms with Gasteiger partial charge in [0.15, 0.2) is 0 Å². The fourth-order valence-corrected chi connectivity index (χ4v) is 3.86. The van der Waals surface area contributed by atoms with Crippen LogP contribution in [0.25, 0.3) is 0 Å². The summed E-state index contributed by atoms with van der Waals surface area (Å²) in [5.41, 5.74) is 3.21. The van der Waals surface area contributed by atoms with Gasteiger partial charge in [0.05, 0.1) is 0 Å². The number of aryl methyl sites for hydroxylation is 1. The minimum absolute atomic E-state index is 0.695. The summed E-state index contributed by atoms with van der Waals surface area (Å²) in [5, 5.41) is 3.33. The molecule has 19 heavy (non-hydrogen) atoms. The van der Waals surface area contributed by atoms with Gasteiger partial charge in [-0.05, 0) is 75.8 Å². The lowest BCUT2D eigenvalue weighted by molar-refractivity contribution is 0.120. The molecule has 1 atom stereocenters. The second kappa shape index (κ2) is 6.06. The number of nitrogens with one attached hydrogen (secondary N) is 1. The zero-order valence-electron chi connectivity index (χ0n) is 12.1. The van der Waals surface area contributed by atoms with Gasteiger partial charge in [0.2, 0.25) is 0 Å². The molecule has 1 aromatic rings. The molecule has 1 aromatic carbocycles. The Balaban J connectivity index is 1.68. The lowest BCUT2D eigenvalue weighted by atomic mass is 9.85. The number of piperidine rings is 1. The van der Waals surface area contributed by atoms with Gasteiger partial charge in [-0.1, -0.05) is 24.3 Å². The number of hydrogen-bond donors (Lipinski definition) is 1. The molecule has 1 fully saturated rings. The molecule has 2 heteroatoms. The fourth-order valence-electron chi connectivity index (χ4n) is 3.86. The number of nitrogens with zero attached hydrogens (tertiary/aromatic N) is 1. The molecule has 2 aliphatic rings. The lowest BCUT2D eigenvalue weighted by Crippen LogP contribution is -2.40. The Hall–Kier alpha value is -0.860. The predicted molar refractivity (Wildman–Crippen MR) is 80.3 cm³/mol. The van der Waals surface area contributed by atoms with Crippen LogP contribution in [0.1, 0.15) is 42.9 Å². The van der Waals surface area contributed by atoms with Gasteiger partial charge >= 0.3 is 0 Å². The molecule has 3 rings (SSSR count). The molecule has 2 nitrogen and oxygen atoms in total. The van der Waals surface area contributed by atoms with Crippen LogP contribution in [0.15, 0.2) is 24.3 Å². The van der Waals surface area contributed by atoms with Crippen molar-refractivity contribution >= 4 is 0 Å². The SMILES string of the molecule is CNCC1CCN(C2CCCc3ccccc32)CC1. The minimum atomic E-state index is 0.695. The maximum Gasteiger partial charge on any atom is 0.0350 e. The normalized spacial score (nSPS) is 25.2. The Morgan fingerprint density at radius 3 is 2.74 bits per heavy atom. The quantitative estimate of drug-likeness (QED) is 0.896. The van der Waals surface area contributed by atoms with Gasteiger partial charge in [-0.2, -0.15) is 0 Å². The number of rotatable bonds is 3. The standard InChI is InChI=1S/C17H26N2/c1-18-13-14-9-11-19(12-10-14)17-8-4-6-15-5-2-3-7-16(15)17/h2-3,5,7,14,17-18H,4,6,8-13H2,1H3. The molecule has 1 saturated heterocycles. The Kier molecular flexibility index (Phi) is 4.19. The van der Waals surface area contributed by atoms with E-state index in [2.05, 4.69) is 41.5 Å². The predicted octanol–water partition coefficient (Wildman–Crippen LogP) is 3.00. The molecule has 0 aromatic heterocycles. The third-order valence-electron chi connectivity index (χ3n) is 4.92. The van der Waals surface area contributed by atoms with Crippen LogP contribution in [-0.2, 0) is 6.42 Å². The maximum atomic E-state index is 3.33. The first-order chi connectivity index (χ1) is 9.38. The monoisotopic (exact) mass is 258 g/mol. The van der Waals surface area contributed by atoms with Crippen molar-refractivity contribution in [1.29, 1.82) is 0 Å². The van der Waals surface area contributed by atoms with Crippen LogP contribution in [0.2, 0.25) is 0 Å². The van der Waals surface area contributed by atoms with Crippen molar-refractivity contribution in [2.24, 2.45) is 5.92 Å². The largest absolute Gasteiger partial charge is 0.319 e. The Bertz CT molecular complexity index is 407. The van der Waals surface area contributed by atoms with Gasteiger partial charge < -0.3 is 5.32 Å². The van der Waals surface area contributed by atoms with Crippen molar-refractivity contribution in [2.75, 3.05) is 26.7 Å². The highest BCUT2D eigenvalue weighted by molar-refractivity contribution is 5.32. The van der Waals surface area contributed by atoms with E-state index in [0.29, 0.717) is 6.04 Å². The molecule has 1 aliphatic carbocycles. The van der Waals surface area contributed by atoms with Gasteiger partial charge in [0.25, 0.3) is 0 Å². The summed E-state index contributed by atoms with van der Waals surface area (Å²) >= 11 is 0. The van der Waals surface area contributed by atoms with E-state index in [-0.39, 0.29) is 0 Å². The van der Waals surface area contributed by atoms with Gasteiger partial charge in [-0.3, -0.25) is 4.90 Å². The van der Waals surface area contributed by atoms with E-state index < -0.39 is 0 Å². The number of likely N-dealkylation sites (tertiary alicyclic amines) is 1. The molecule has 0 bridgehead atoms. The molecule has 0 saturated carbocycles. The summed E-state index contributed by atoms with van der Waals surface area (Å²) in [4.78, 5) is 2.74. The van der Waals surface area contributed by atoms with Crippen LogP contribution >= 0.6 is 0 Å². The van der Waals surface area contributed by atoms with Crippen molar-refractivity contribution in [3.63, 3.8) is 0 Å². The zero-order chi connectivity index (χ0) is 13.1. The van der Waals surface area contributed by atoms with Crippen LogP contribution in [-0.4, -0.2) is 31.6 Å². The Morgan fingerprint density at radius 2 is 1.95 bits per heavy atom. The third kappa shape index (κ3) is 2.85. The first-order valence-corrected chi connectivity index (χ1v) is 7.85. The van der Waals surface area contributed by atoms with Crippen molar-refractivity contribution in [3.05, 3.63) is 35.4 Å². The second-order valence-electron chi connectivity index (χ2n) is 6.14. The van der Waals surface area contributed by atoms with E-state index in [0.717, 1.165) is 5.92 Å². The van der Waals surface area contributed by atoms with Crippen molar-refractivity contribution in [2.45, 2.75) is 38.1 Å². The van der Waals surface area contributed by atoms with Crippen molar-refractivity contribution < 1.29 is 0 Å². The van der Waals surface area contributed by atoms with E-state index in [1.807, 2.05) is 0 Å². The molecular weight excluding hydrogens is 232 g/mol. The van der Waals surface area contributed by atoms with Crippen LogP contribution in [0.3, 0.4) is 0 Å². The van der Waals surface area contributed by atoms with Crippen LogP contribution < -0.4 is 5.32 Å². The second-order valence-corrected chi connectivity index (χ2v) is 6.14. The molecule has 1 aliphatic heterocycles. The van der Waals surface area contributed by atoms with Gasteiger partial charge in [0.1, 0.15) is 0 Å². The van der Waals surface area contributed by atoms with Gasteiger partial charge in [0, 0.05) is 6.04 Å². The maximum absolute atomic E-state index is 3.33. The summed E-state index contributed by atoms with van der Waals surface area (Å²) in [5.74, 6) is 0.889. The molecule has 0 radical (unpaired) electrons. The summed E-state index contributed by atoms with van der Waals surface area (Å²) < 4.78 is 0. The average molecular weight is 258 g/mol. The molecule has 0 amide bonds. The minimum Gasteiger partial charge on any atom is -0.319 e.